The topological polar surface area (TPSA) is 66.9 Å². The molecule has 1 amide bonds. The van der Waals surface area contributed by atoms with Crippen molar-refractivity contribution < 1.29 is 4.79 Å². The van der Waals surface area contributed by atoms with Crippen molar-refractivity contribution in [3.8, 4) is 0 Å². The predicted molar refractivity (Wildman–Crippen MR) is 61.3 cm³/mol. The predicted octanol–water partition coefficient (Wildman–Crippen LogP) is 1.07. The standard InChI is InChI=1S/C10H13ClN4O/c11-8-3-4-13-10(14-8)15-9(16)6-12-5-7-1-2-7/h3-4,7,12H,1-2,5-6H2,(H,13,14,15,16). The van der Waals surface area contributed by atoms with Gasteiger partial charge in [0.1, 0.15) is 5.15 Å². The number of hydrogen-bond donors (Lipinski definition) is 2. The third kappa shape index (κ3) is 3.75. The fourth-order valence-corrected chi connectivity index (χ4v) is 1.41. The summed E-state index contributed by atoms with van der Waals surface area (Å²) in [4.78, 5) is 19.2. The number of carbonyl (C=O) groups excluding carboxylic acids is 1. The first kappa shape index (κ1) is 11.3. The van der Waals surface area contributed by atoms with Gasteiger partial charge in [0.15, 0.2) is 0 Å². The molecule has 0 aliphatic heterocycles. The molecule has 0 unspecified atom stereocenters. The molecule has 2 N–H and O–H groups in total. The molecule has 5 nitrogen and oxygen atoms in total. The van der Waals surface area contributed by atoms with E-state index in [0.29, 0.717) is 5.15 Å². The van der Waals surface area contributed by atoms with Gasteiger partial charge >= 0.3 is 0 Å². The highest BCUT2D eigenvalue weighted by atomic mass is 35.5. The Kier molecular flexibility index (Phi) is 3.69. The first-order chi connectivity index (χ1) is 7.74. The largest absolute Gasteiger partial charge is 0.308 e. The number of hydrogen-bond acceptors (Lipinski definition) is 4. The van der Waals surface area contributed by atoms with Gasteiger partial charge < -0.3 is 5.32 Å². The van der Waals surface area contributed by atoms with Crippen molar-refractivity contribution in [1.82, 2.24) is 15.3 Å². The van der Waals surface area contributed by atoms with Crippen LogP contribution in [0.3, 0.4) is 0 Å². The van der Waals surface area contributed by atoms with Crippen molar-refractivity contribution in [2.24, 2.45) is 5.92 Å². The third-order valence-electron chi connectivity index (χ3n) is 2.29. The lowest BCUT2D eigenvalue weighted by atomic mass is 10.4. The molecule has 1 saturated carbocycles. The summed E-state index contributed by atoms with van der Waals surface area (Å²) in [6, 6.07) is 1.56. The molecule has 16 heavy (non-hydrogen) atoms. The van der Waals surface area contributed by atoms with Crippen LogP contribution in [0.1, 0.15) is 12.8 Å². The lowest BCUT2D eigenvalue weighted by Gasteiger charge is -2.04. The van der Waals surface area contributed by atoms with E-state index in [2.05, 4.69) is 20.6 Å². The summed E-state index contributed by atoms with van der Waals surface area (Å²) in [5.74, 6) is 0.851. The molecule has 0 aromatic carbocycles. The number of nitrogens with zero attached hydrogens (tertiary/aromatic N) is 2. The molecule has 0 radical (unpaired) electrons. The Morgan fingerprint density at radius 2 is 2.38 bits per heavy atom. The molecule has 0 bridgehead atoms. The maximum atomic E-state index is 11.4. The molecule has 1 aliphatic carbocycles. The van der Waals surface area contributed by atoms with Crippen LogP contribution >= 0.6 is 11.6 Å². The van der Waals surface area contributed by atoms with Crippen LogP contribution in [0, 0.1) is 5.92 Å². The number of aromatic nitrogens is 2. The van der Waals surface area contributed by atoms with E-state index in [1.165, 1.54) is 19.0 Å². The molecule has 0 atom stereocenters. The molecule has 1 fully saturated rings. The Balaban J connectivity index is 1.73. The van der Waals surface area contributed by atoms with Gasteiger partial charge in [0.2, 0.25) is 11.9 Å². The Hall–Kier alpha value is -1.20. The number of nitrogens with one attached hydrogen (secondary N) is 2. The zero-order valence-corrected chi connectivity index (χ0v) is 9.50. The average Bonchev–Trinajstić information content (AvgIpc) is 3.01. The van der Waals surface area contributed by atoms with Gasteiger partial charge in [-0.3, -0.25) is 10.1 Å². The quantitative estimate of drug-likeness (QED) is 0.756. The summed E-state index contributed by atoms with van der Waals surface area (Å²) in [5, 5.41) is 5.97. The highest BCUT2D eigenvalue weighted by molar-refractivity contribution is 6.29. The molecule has 1 heterocycles. The van der Waals surface area contributed by atoms with Gasteiger partial charge in [0.25, 0.3) is 0 Å². The van der Waals surface area contributed by atoms with Gasteiger partial charge in [-0.05, 0) is 31.4 Å². The second kappa shape index (κ2) is 5.23. The summed E-state index contributed by atoms with van der Waals surface area (Å²) in [6.07, 6.45) is 4.04. The first-order valence-electron chi connectivity index (χ1n) is 5.23. The molecule has 6 heteroatoms. The van der Waals surface area contributed by atoms with Crippen LogP contribution in [0.25, 0.3) is 0 Å². The van der Waals surface area contributed by atoms with E-state index in [0.717, 1.165) is 12.5 Å². The summed E-state index contributed by atoms with van der Waals surface area (Å²) in [5.41, 5.74) is 0. The zero-order chi connectivity index (χ0) is 11.4. The van der Waals surface area contributed by atoms with Gasteiger partial charge in [-0.15, -0.1) is 0 Å². The SMILES string of the molecule is O=C(CNCC1CC1)Nc1nccc(Cl)n1. The van der Waals surface area contributed by atoms with Crippen LogP contribution in [-0.4, -0.2) is 29.0 Å². The second-order valence-electron chi connectivity index (χ2n) is 3.83. The van der Waals surface area contributed by atoms with Crippen LogP contribution < -0.4 is 10.6 Å². The molecule has 1 aliphatic rings. The monoisotopic (exact) mass is 240 g/mol. The van der Waals surface area contributed by atoms with Crippen molar-refractivity contribution in [2.75, 3.05) is 18.4 Å². The minimum absolute atomic E-state index is 0.150. The van der Waals surface area contributed by atoms with Crippen LogP contribution in [0.2, 0.25) is 5.15 Å². The van der Waals surface area contributed by atoms with Crippen LogP contribution in [0.15, 0.2) is 12.3 Å². The highest BCUT2D eigenvalue weighted by Gasteiger charge is 2.20. The van der Waals surface area contributed by atoms with E-state index >= 15 is 0 Å². The maximum absolute atomic E-state index is 11.4. The smallest absolute Gasteiger partial charge is 0.240 e. The molecule has 2 rings (SSSR count). The van der Waals surface area contributed by atoms with Crippen molar-refractivity contribution in [3.63, 3.8) is 0 Å². The zero-order valence-electron chi connectivity index (χ0n) is 8.74. The average molecular weight is 241 g/mol. The van der Waals surface area contributed by atoms with E-state index < -0.39 is 0 Å². The van der Waals surface area contributed by atoms with Crippen molar-refractivity contribution in [2.45, 2.75) is 12.8 Å². The van der Waals surface area contributed by atoms with Crippen molar-refractivity contribution >= 4 is 23.5 Å². The van der Waals surface area contributed by atoms with Gasteiger partial charge in [-0.25, -0.2) is 9.97 Å². The Bertz CT molecular complexity index is 381. The molecule has 0 saturated heterocycles. The van der Waals surface area contributed by atoms with Gasteiger partial charge in [0.05, 0.1) is 6.54 Å². The Morgan fingerprint density at radius 3 is 3.06 bits per heavy atom. The van der Waals surface area contributed by atoms with Gasteiger partial charge in [0, 0.05) is 6.20 Å². The first-order valence-corrected chi connectivity index (χ1v) is 5.61. The number of rotatable bonds is 5. The maximum Gasteiger partial charge on any atom is 0.240 e. The van der Waals surface area contributed by atoms with E-state index in [4.69, 9.17) is 11.6 Å². The van der Waals surface area contributed by atoms with Crippen molar-refractivity contribution in [3.05, 3.63) is 17.4 Å². The van der Waals surface area contributed by atoms with E-state index in [-0.39, 0.29) is 18.4 Å². The molecule has 86 valence electrons. The summed E-state index contributed by atoms with van der Waals surface area (Å²) in [6.45, 7) is 1.19. The van der Waals surface area contributed by atoms with Gasteiger partial charge in [-0.2, -0.15) is 0 Å². The molecule has 1 aromatic heterocycles. The van der Waals surface area contributed by atoms with Gasteiger partial charge in [-0.1, -0.05) is 11.6 Å². The molecule has 1 aromatic rings. The fourth-order valence-electron chi connectivity index (χ4n) is 1.28. The number of amides is 1. The molecule has 0 spiro atoms. The van der Waals surface area contributed by atoms with Crippen LogP contribution in [0.5, 0.6) is 0 Å². The third-order valence-corrected chi connectivity index (χ3v) is 2.50. The minimum Gasteiger partial charge on any atom is -0.308 e. The van der Waals surface area contributed by atoms with E-state index in [1.54, 1.807) is 6.07 Å². The number of halogens is 1. The number of anilines is 1. The Morgan fingerprint density at radius 1 is 1.56 bits per heavy atom. The van der Waals surface area contributed by atoms with E-state index in [1.807, 2.05) is 0 Å². The van der Waals surface area contributed by atoms with Crippen LogP contribution in [0.4, 0.5) is 5.95 Å². The lowest BCUT2D eigenvalue weighted by molar-refractivity contribution is -0.115. The lowest BCUT2D eigenvalue weighted by Crippen LogP contribution is -2.30. The van der Waals surface area contributed by atoms with Crippen molar-refractivity contribution in [1.29, 1.82) is 0 Å². The number of carbonyl (C=O) groups is 1. The summed E-state index contributed by atoms with van der Waals surface area (Å²) >= 11 is 5.66. The molecular weight excluding hydrogens is 228 g/mol. The summed E-state index contributed by atoms with van der Waals surface area (Å²) in [7, 11) is 0. The molecular formula is C10H13ClN4O. The van der Waals surface area contributed by atoms with E-state index in [9.17, 15) is 4.79 Å². The summed E-state index contributed by atoms with van der Waals surface area (Å²) < 4.78 is 0. The second-order valence-corrected chi connectivity index (χ2v) is 4.21. The Labute approximate surface area is 98.6 Å². The normalized spacial score (nSPS) is 14.8. The van der Waals surface area contributed by atoms with Crippen LogP contribution in [-0.2, 0) is 4.79 Å². The fraction of sp³-hybridized carbons (Fsp3) is 0.500. The minimum atomic E-state index is -0.150. The highest BCUT2D eigenvalue weighted by Crippen LogP contribution is 2.27.